The summed E-state index contributed by atoms with van der Waals surface area (Å²) in [5.41, 5.74) is -3.91. The Morgan fingerprint density at radius 1 is 0.968 bits per heavy atom. The van der Waals surface area contributed by atoms with Gasteiger partial charge in [0.05, 0.1) is 10.7 Å². The smallest absolute Gasteiger partial charge is 0.406 e. The number of hydrogen-bond donors (Lipinski definition) is 3. The zero-order chi connectivity index (χ0) is 23.6. The second-order valence-electron chi connectivity index (χ2n) is 6.25. The molecule has 2 rings (SSSR count). The van der Waals surface area contributed by atoms with E-state index in [0.717, 1.165) is 42.5 Å². The number of aliphatic hydroxyl groups is 1. The zero-order valence-corrected chi connectivity index (χ0v) is 16.1. The van der Waals surface area contributed by atoms with Gasteiger partial charge in [0.25, 0.3) is 11.8 Å². The normalized spacial score (nSPS) is 13.8. The van der Waals surface area contributed by atoms with E-state index in [0.29, 0.717) is 0 Å². The highest BCUT2D eigenvalue weighted by molar-refractivity contribution is 6.34. The molecule has 2 amide bonds. The Balaban J connectivity index is 2.09. The highest BCUT2D eigenvalue weighted by Gasteiger charge is 2.55. The van der Waals surface area contributed by atoms with Crippen molar-refractivity contribution in [3.8, 4) is 5.75 Å². The quantitative estimate of drug-likeness (QED) is 0.551. The minimum absolute atomic E-state index is 0.0683. The molecular formula is C18H13ClF6N2O4. The maximum absolute atomic E-state index is 12.7. The van der Waals surface area contributed by atoms with Gasteiger partial charge in [-0.1, -0.05) is 11.6 Å². The van der Waals surface area contributed by atoms with Crippen molar-refractivity contribution in [1.82, 2.24) is 0 Å². The van der Waals surface area contributed by atoms with Crippen LogP contribution < -0.4 is 15.4 Å². The number of halogens is 7. The summed E-state index contributed by atoms with van der Waals surface area (Å²) < 4.78 is 78.3. The second kappa shape index (κ2) is 8.63. The number of alkyl halides is 6. The molecule has 6 nitrogen and oxygen atoms in total. The van der Waals surface area contributed by atoms with E-state index >= 15 is 0 Å². The van der Waals surface area contributed by atoms with Gasteiger partial charge >= 0.3 is 12.5 Å². The fourth-order valence-electron chi connectivity index (χ4n) is 2.07. The molecule has 0 aliphatic carbocycles. The number of carbonyl (C=O) groups is 2. The lowest BCUT2D eigenvalue weighted by molar-refractivity contribution is -0.274. The lowest BCUT2D eigenvalue weighted by Crippen LogP contribution is -2.52. The summed E-state index contributed by atoms with van der Waals surface area (Å²) >= 11 is 5.89. The van der Waals surface area contributed by atoms with E-state index < -0.39 is 35.7 Å². The van der Waals surface area contributed by atoms with Crippen molar-refractivity contribution in [2.24, 2.45) is 0 Å². The summed E-state index contributed by atoms with van der Waals surface area (Å²) in [4.78, 5) is 24.0. The molecule has 31 heavy (non-hydrogen) atoms. The van der Waals surface area contributed by atoms with Gasteiger partial charge in [-0.3, -0.25) is 9.59 Å². The Labute approximate surface area is 175 Å². The van der Waals surface area contributed by atoms with Gasteiger partial charge in [0.15, 0.2) is 0 Å². The van der Waals surface area contributed by atoms with Crippen molar-refractivity contribution in [2.45, 2.75) is 25.1 Å². The molecule has 0 spiro atoms. The van der Waals surface area contributed by atoms with E-state index in [1.165, 1.54) is 0 Å². The second-order valence-corrected chi connectivity index (χ2v) is 6.65. The summed E-state index contributed by atoms with van der Waals surface area (Å²) in [6.45, 7) is 0.267. The first-order valence-corrected chi connectivity index (χ1v) is 8.55. The first-order chi connectivity index (χ1) is 14.1. The van der Waals surface area contributed by atoms with E-state index in [-0.39, 0.29) is 28.9 Å². The van der Waals surface area contributed by atoms with Gasteiger partial charge in [0.2, 0.25) is 5.60 Å². The van der Waals surface area contributed by atoms with Gasteiger partial charge < -0.3 is 20.5 Å². The van der Waals surface area contributed by atoms with Crippen molar-refractivity contribution in [2.75, 3.05) is 10.6 Å². The highest BCUT2D eigenvalue weighted by atomic mass is 35.5. The molecule has 1 atom stereocenters. The maximum Gasteiger partial charge on any atom is 0.573 e. The fourth-order valence-corrected chi connectivity index (χ4v) is 2.30. The van der Waals surface area contributed by atoms with Crippen molar-refractivity contribution in [1.29, 1.82) is 0 Å². The van der Waals surface area contributed by atoms with Crippen LogP contribution in [0.4, 0.5) is 37.7 Å². The van der Waals surface area contributed by atoms with Crippen LogP contribution in [0.2, 0.25) is 5.02 Å². The Hall–Kier alpha value is -2.99. The van der Waals surface area contributed by atoms with Crippen LogP contribution in [0, 0.1) is 0 Å². The number of hydrogen-bond acceptors (Lipinski definition) is 4. The molecule has 3 N–H and O–H groups in total. The molecule has 168 valence electrons. The molecule has 0 radical (unpaired) electrons. The van der Waals surface area contributed by atoms with Crippen molar-refractivity contribution in [3.05, 3.63) is 53.1 Å². The number of nitrogens with one attached hydrogen (secondary N) is 2. The number of anilines is 2. The number of carbonyl (C=O) groups excluding carboxylic acids is 2. The molecule has 0 aromatic heterocycles. The van der Waals surface area contributed by atoms with E-state index in [4.69, 9.17) is 11.6 Å². The average Bonchev–Trinajstić information content (AvgIpc) is 2.62. The molecule has 0 saturated carbocycles. The van der Waals surface area contributed by atoms with Crippen molar-refractivity contribution in [3.63, 3.8) is 0 Å². The summed E-state index contributed by atoms with van der Waals surface area (Å²) in [7, 11) is 0. The molecule has 13 heteroatoms. The molecule has 2 aromatic carbocycles. The Morgan fingerprint density at radius 3 is 2.03 bits per heavy atom. The molecule has 2 aromatic rings. The third kappa shape index (κ3) is 6.25. The van der Waals surface area contributed by atoms with Gasteiger partial charge in [0.1, 0.15) is 5.75 Å². The summed E-state index contributed by atoms with van der Waals surface area (Å²) in [6.07, 6.45) is -10.1. The highest BCUT2D eigenvalue weighted by Crippen LogP contribution is 2.32. The van der Waals surface area contributed by atoms with Crippen LogP contribution in [-0.4, -0.2) is 35.1 Å². The fraction of sp³-hybridized carbons (Fsp3) is 0.222. The van der Waals surface area contributed by atoms with Crippen LogP contribution in [-0.2, 0) is 4.79 Å². The Morgan fingerprint density at radius 2 is 1.55 bits per heavy atom. The van der Waals surface area contributed by atoms with Gasteiger partial charge in [-0.2, -0.15) is 13.2 Å². The first-order valence-electron chi connectivity index (χ1n) is 8.17. The molecule has 0 heterocycles. The number of benzene rings is 2. The zero-order valence-electron chi connectivity index (χ0n) is 15.4. The first kappa shape index (κ1) is 24.3. The summed E-state index contributed by atoms with van der Waals surface area (Å²) in [6, 6.07) is 7.45. The Bertz CT molecular complexity index is 974. The van der Waals surface area contributed by atoms with E-state index in [1.54, 1.807) is 0 Å². The van der Waals surface area contributed by atoms with Crippen LogP contribution in [0.1, 0.15) is 17.3 Å². The summed E-state index contributed by atoms with van der Waals surface area (Å²) in [5.74, 6) is -3.02. The standard InChI is InChI=1S/C18H13ClF6N2O4/c1-16(30,17(20,21)22)15(29)27-13-7-2-9(8-12(13)19)14(28)26-10-3-5-11(6-4-10)31-18(23,24)25/h2-8,30H,1H3,(H,26,28)(H,27,29). The van der Waals surface area contributed by atoms with Crippen LogP contribution in [0.5, 0.6) is 5.75 Å². The van der Waals surface area contributed by atoms with Crippen LogP contribution in [0.25, 0.3) is 0 Å². The van der Waals surface area contributed by atoms with Crippen molar-refractivity contribution < 1.29 is 45.8 Å². The largest absolute Gasteiger partial charge is 0.573 e. The van der Waals surface area contributed by atoms with Gasteiger partial charge in [0, 0.05) is 11.3 Å². The monoisotopic (exact) mass is 470 g/mol. The SMILES string of the molecule is CC(O)(C(=O)Nc1ccc(C(=O)Nc2ccc(OC(F)(F)F)cc2)cc1Cl)C(F)(F)F. The minimum atomic E-state index is -5.23. The third-order valence-electron chi connectivity index (χ3n) is 3.82. The molecule has 0 bridgehead atoms. The topological polar surface area (TPSA) is 87.7 Å². The molecule has 0 aliphatic heterocycles. The number of amides is 2. The van der Waals surface area contributed by atoms with E-state index in [1.807, 2.05) is 5.32 Å². The molecular weight excluding hydrogens is 458 g/mol. The molecule has 0 fully saturated rings. The van der Waals surface area contributed by atoms with Gasteiger partial charge in [-0.15, -0.1) is 13.2 Å². The lowest BCUT2D eigenvalue weighted by atomic mass is 10.1. The number of ether oxygens (including phenoxy) is 1. The molecule has 0 aliphatic rings. The third-order valence-corrected chi connectivity index (χ3v) is 4.13. The minimum Gasteiger partial charge on any atom is -0.406 e. The maximum atomic E-state index is 12.7. The van der Waals surface area contributed by atoms with Crippen molar-refractivity contribution >= 4 is 34.8 Å². The van der Waals surface area contributed by atoms with Gasteiger partial charge in [-0.25, -0.2) is 0 Å². The average molecular weight is 471 g/mol. The predicted molar refractivity (Wildman–Crippen MR) is 97.8 cm³/mol. The number of rotatable bonds is 5. The van der Waals surface area contributed by atoms with Crippen LogP contribution >= 0.6 is 11.6 Å². The van der Waals surface area contributed by atoms with E-state index in [2.05, 4.69) is 10.1 Å². The molecule has 1 unspecified atom stereocenters. The van der Waals surface area contributed by atoms with Crippen LogP contribution in [0.3, 0.4) is 0 Å². The Kier molecular flexibility index (Phi) is 6.76. The van der Waals surface area contributed by atoms with Gasteiger partial charge in [-0.05, 0) is 49.4 Å². The predicted octanol–water partition coefficient (Wildman–Crippen LogP) is 4.74. The molecule has 0 saturated heterocycles. The summed E-state index contributed by atoms with van der Waals surface area (Å²) in [5, 5.41) is 13.2. The lowest BCUT2D eigenvalue weighted by Gasteiger charge is -2.25. The van der Waals surface area contributed by atoms with Crippen LogP contribution in [0.15, 0.2) is 42.5 Å². The van der Waals surface area contributed by atoms with E-state index in [9.17, 15) is 41.0 Å².